The lowest BCUT2D eigenvalue weighted by atomic mass is 9.77. The summed E-state index contributed by atoms with van der Waals surface area (Å²) in [5.74, 6) is -1.82. The molecular formula is C39H52O7. The van der Waals surface area contributed by atoms with Gasteiger partial charge in [0.05, 0.1) is 6.61 Å². The normalized spacial score (nSPS) is 11.6. The van der Waals surface area contributed by atoms with E-state index in [1.54, 1.807) is 12.1 Å². The average Bonchev–Trinajstić information content (AvgIpc) is 2.99. The highest BCUT2D eigenvalue weighted by Gasteiger charge is 2.25. The van der Waals surface area contributed by atoms with Crippen LogP contribution in [0.15, 0.2) is 48.5 Å². The summed E-state index contributed by atoms with van der Waals surface area (Å²) in [5, 5.41) is 39.5. The lowest BCUT2D eigenvalue weighted by Gasteiger charge is -2.28. The van der Waals surface area contributed by atoms with Gasteiger partial charge in [-0.1, -0.05) is 104 Å². The summed E-state index contributed by atoms with van der Waals surface area (Å²) >= 11 is 0. The van der Waals surface area contributed by atoms with Gasteiger partial charge in [-0.2, -0.15) is 0 Å². The zero-order valence-electron chi connectivity index (χ0n) is 28.2. The molecule has 0 aliphatic rings. The summed E-state index contributed by atoms with van der Waals surface area (Å²) in [6.07, 6.45) is 11.2. The third kappa shape index (κ3) is 10.5. The fraction of sp³-hybridized carbons (Fsp3) is 0.487. The first-order chi connectivity index (χ1) is 21.8. The van der Waals surface area contributed by atoms with E-state index in [-0.39, 0.29) is 28.0 Å². The molecule has 0 unspecified atom stereocenters. The van der Waals surface area contributed by atoms with Crippen LogP contribution in [0, 0.1) is 5.92 Å². The van der Waals surface area contributed by atoms with Gasteiger partial charge in [-0.3, -0.25) is 0 Å². The number of ether oxygens (including phenoxy) is 1. The number of carboxylic acid groups (broad SMARTS) is 2. The molecule has 3 rings (SSSR count). The van der Waals surface area contributed by atoms with Crippen molar-refractivity contribution in [1.82, 2.24) is 0 Å². The fourth-order valence-corrected chi connectivity index (χ4v) is 5.83. The SMILES string of the molecule is CCCCCCCCCC(C)(C)c1cc(Cc2ccc(O)c(C(=O)O)c2)c(OCCC(C)C)c(Cc2ccc(O)c(C(=O)O)c2)c1. The molecule has 4 N–H and O–H groups in total. The zero-order valence-corrected chi connectivity index (χ0v) is 28.2. The molecular weight excluding hydrogens is 580 g/mol. The van der Waals surface area contributed by atoms with Gasteiger partial charge in [0.15, 0.2) is 0 Å². The van der Waals surface area contributed by atoms with E-state index in [2.05, 4.69) is 46.8 Å². The van der Waals surface area contributed by atoms with Gasteiger partial charge < -0.3 is 25.2 Å². The number of rotatable bonds is 19. The Balaban J connectivity index is 2.09. The third-order valence-electron chi connectivity index (χ3n) is 8.74. The van der Waals surface area contributed by atoms with Gasteiger partial charge in [-0.15, -0.1) is 0 Å². The lowest BCUT2D eigenvalue weighted by molar-refractivity contribution is 0.0682. The van der Waals surface area contributed by atoms with E-state index < -0.39 is 11.9 Å². The largest absolute Gasteiger partial charge is 0.507 e. The van der Waals surface area contributed by atoms with Crippen LogP contribution in [0.4, 0.5) is 0 Å². The Labute approximate surface area is 274 Å². The quantitative estimate of drug-likeness (QED) is 0.0970. The molecule has 7 nitrogen and oxygen atoms in total. The number of carboxylic acids is 2. The van der Waals surface area contributed by atoms with E-state index in [0.717, 1.165) is 47.1 Å². The van der Waals surface area contributed by atoms with Gasteiger partial charge in [0.1, 0.15) is 28.4 Å². The van der Waals surface area contributed by atoms with Crippen LogP contribution in [0.25, 0.3) is 0 Å². The van der Waals surface area contributed by atoms with Crippen molar-refractivity contribution in [2.45, 2.75) is 111 Å². The molecule has 0 radical (unpaired) electrons. The second kappa shape index (κ2) is 17.1. The van der Waals surface area contributed by atoms with Crippen molar-refractivity contribution in [2.24, 2.45) is 5.92 Å². The van der Waals surface area contributed by atoms with Crippen molar-refractivity contribution in [2.75, 3.05) is 6.61 Å². The van der Waals surface area contributed by atoms with Crippen molar-refractivity contribution in [3.8, 4) is 17.2 Å². The molecule has 0 heterocycles. The van der Waals surface area contributed by atoms with Crippen LogP contribution in [0.1, 0.15) is 141 Å². The molecule has 0 fully saturated rings. The molecule has 7 heteroatoms. The zero-order chi connectivity index (χ0) is 33.9. The van der Waals surface area contributed by atoms with Crippen LogP contribution < -0.4 is 4.74 Å². The highest BCUT2D eigenvalue weighted by molar-refractivity contribution is 5.91. The molecule has 46 heavy (non-hydrogen) atoms. The number of phenols is 2. The maximum atomic E-state index is 11.8. The number of benzene rings is 3. The Bertz CT molecular complexity index is 1380. The number of carbonyl (C=O) groups is 2. The van der Waals surface area contributed by atoms with Crippen LogP contribution in [-0.4, -0.2) is 39.0 Å². The Morgan fingerprint density at radius 2 is 1.22 bits per heavy atom. The number of hydrogen-bond donors (Lipinski definition) is 4. The molecule has 0 aromatic heterocycles. The molecule has 0 spiro atoms. The van der Waals surface area contributed by atoms with Crippen LogP contribution in [0.3, 0.4) is 0 Å². The second-order valence-electron chi connectivity index (χ2n) is 13.6. The number of hydrogen-bond acceptors (Lipinski definition) is 5. The first-order valence-corrected chi connectivity index (χ1v) is 16.7. The minimum Gasteiger partial charge on any atom is -0.507 e. The predicted octanol–water partition coefficient (Wildman–Crippen LogP) is 9.52. The second-order valence-corrected chi connectivity index (χ2v) is 13.6. The Morgan fingerprint density at radius 1 is 0.739 bits per heavy atom. The van der Waals surface area contributed by atoms with Crippen LogP contribution in [0.2, 0.25) is 0 Å². The van der Waals surface area contributed by atoms with Gasteiger partial charge in [-0.05, 0) is 76.3 Å². The number of aromatic carboxylic acids is 2. The molecule has 0 bridgehead atoms. The minimum absolute atomic E-state index is 0.152. The maximum Gasteiger partial charge on any atom is 0.339 e. The summed E-state index contributed by atoms with van der Waals surface area (Å²) in [6, 6.07) is 13.6. The monoisotopic (exact) mass is 632 g/mol. The summed E-state index contributed by atoms with van der Waals surface area (Å²) < 4.78 is 6.51. The third-order valence-corrected chi connectivity index (χ3v) is 8.74. The van der Waals surface area contributed by atoms with E-state index in [9.17, 15) is 30.0 Å². The number of aromatic hydroxyl groups is 2. The van der Waals surface area contributed by atoms with Crippen LogP contribution in [-0.2, 0) is 18.3 Å². The van der Waals surface area contributed by atoms with Gasteiger partial charge in [0, 0.05) is 12.8 Å². The van der Waals surface area contributed by atoms with Crippen LogP contribution in [0.5, 0.6) is 17.2 Å². The summed E-state index contributed by atoms with van der Waals surface area (Å²) in [4.78, 5) is 23.6. The molecule has 0 aliphatic heterocycles. The molecule has 0 saturated heterocycles. The average molecular weight is 633 g/mol. The smallest absolute Gasteiger partial charge is 0.339 e. The first kappa shape index (κ1) is 36.5. The molecule has 250 valence electrons. The van der Waals surface area contributed by atoms with Crippen molar-refractivity contribution in [1.29, 1.82) is 0 Å². The fourth-order valence-electron chi connectivity index (χ4n) is 5.83. The highest BCUT2D eigenvalue weighted by atomic mass is 16.5. The van der Waals surface area contributed by atoms with E-state index >= 15 is 0 Å². The van der Waals surface area contributed by atoms with Gasteiger partial charge in [0.2, 0.25) is 0 Å². The van der Waals surface area contributed by atoms with Crippen molar-refractivity contribution < 1.29 is 34.8 Å². The van der Waals surface area contributed by atoms with Crippen LogP contribution >= 0.6 is 0 Å². The topological polar surface area (TPSA) is 124 Å². The Morgan fingerprint density at radius 3 is 1.67 bits per heavy atom. The molecule has 0 amide bonds. The summed E-state index contributed by atoms with van der Waals surface area (Å²) in [6.45, 7) is 11.5. The van der Waals surface area contributed by atoms with Gasteiger partial charge >= 0.3 is 11.9 Å². The highest BCUT2D eigenvalue weighted by Crippen LogP contribution is 2.38. The van der Waals surface area contributed by atoms with Gasteiger partial charge in [-0.25, -0.2) is 9.59 Å². The minimum atomic E-state index is -1.19. The van der Waals surface area contributed by atoms with E-state index in [0.29, 0.717) is 31.1 Å². The standard InChI is InChI=1S/C39H52O7/c1-6-7-8-9-10-11-12-18-39(4,5)31-24-29(20-27-13-15-34(40)32(22-27)37(42)43)36(46-19-17-26(2)3)30(25-31)21-28-14-16-35(41)33(23-28)38(44)45/h13-16,22-26,40-41H,6-12,17-21H2,1-5H3,(H,42,43)(H,44,45). The van der Waals surface area contributed by atoms with Crippen molar-refractivity contribution in [3.63, 3.8) is 0 Å². The molecule has 0 aliphatic carbocycles. The molecule has 3 aromatic rings. The summed E-state index contributed by atoms with van der Waals surface area (Å²) in [7, 11) is 0. The molecule has 0 atom stereocenters. The number of unbranched alkanes of at least 4 members (excludes halogenated alkanes) is 6. The predicted molar refractivity (Wildman–Crippen MR) is 183 cm³/mol. The van der Waals surface area contributed by atoms with Crippen molar-refractivity contribution in [3.05, 3.63) is 87.5 Å². The van der Waals surface area contributed by atoms with Crippen molar-refractivity contribution >= 4 is 11.9 Å². The maximum absolute atomic E-state index is 11.8. The molecule has 0 saturated carbocycles. The van der Waals surface area contributed by atoms with E-state index in [1.165, 1.54) is 62.8 Å². The first-order valence-electron chi connectivity index (χ1n) is 16.7. The summed E-state index contributed by atoms with van der Waals surface area (Å²) in [5.41, 5.74) is 3.94. The Kier molecular flexibility index (Phi) is 13.5. The molecule has 3 aromatic carbocycles. The lowest BCUT2D eigenvalue weighted by Crippen LogP contribution is -2.19. The Hall–Kier alpha value is -4.00. The van der Waals surface area contributed by atoms with E-state index in [4.69, 9.17) is 4.74 Å². The van der Waals surface area contributed by atoms with E-state index in [1.807, 2.05) is 0 Å². The van der Waals surface area contributed by atoms with Gasteiger partial charge in [0.25, 0.3) is 0 Å².